The molecule has 2 heterocycles. The Hall–Kier alpha value is -1.94. The summed E-state index contributed by atoms with van der Waals surface area (Å²) in [4.78, 5) is 19.6. The number of phenols is 1. The Kier molecular flexibility index (Phi) is 6.90. The van der Waals surface area contributed by atoms with Crippen molar-refractivity contribution in [1.29, 1.82) is 0 Å². The van der Waals surface area contributed by atoms with Crippen LogP contribution in [0.4, 0.5) is 0 Å². The first kappa shape index (κ1) is 23.2. The molecular weight excluding hydrogens is 540 g/mol. The predicted molar refractivity (Wildman–Crippen MR) is 131 cm³/mol. The van der Waals surface area contributed by atoms with Crippen molar-refractivity contribution in [2.75, 3.05) is 19.6 Å². The number of benzene rings is 2. The highest BCUT2D eigenvalue weighted by molar-refractivity contribution is 9.11. The van der Waals surface area contributed by atoms with Crippen LogP contribution in [0.3, 0.4) is 0 Å². The van der Waals surface area contributed by atoms with Crippen LogP contribution in [0.15, 0.2) is 45.3 Å². The van der Waals surface area contributed by atoms with Crippen LogP contribution in [-0.2, 0) is 23.3 Å². The lowest BCUT2D eigenvalue weighted by atomic mass is 9.90. The lowest BCUT2D eigenvalue weighted by Crippen LogP contribution is -2.49. The number of fused-ring (bicyclic) bond motifs is 1. The first-order chi connectivity index (χ1) is 15.3. The fraction of sp³-hybridized carbons (Fsp3) is 0.391. The summed E-state index contributed by atoms with van der Waals surface area (Å²) in [5.74, 6) is -0.747. The molecule has 9 heteroatoms. The minimum absolute atomic E-state index is 0.0231. The molecule has 170 valence electrons. The number of carbonyl (C=O) groups is 1. The summed E-state index contributed by atoms with van der Waals surface area (Å²) >= 11 is 6.63. The molecule has 1 aliphatic heterocycles. The summed E-state index contributed by atoms with van der Waals surface area (Å²) < 4.78 is 2.90. The van der Waals surface area contributed by atoms with Gasteiger partial charge in [0.1, 0.15) is 11.6 Å². The zero-order valence-electron chi connectivity index (χ0n) is 17.6. The molecule has 1 saturated heterocycles. The number of halogens is 2. The van der Waals surface area contributed by atoms with Crippen LogP contribution >= 0.6 is 31.9 Å². The average molecular weight is 566 g/mol. The molecule has 3 aromatic rings. The third-order valence-electron chi connectivity index (χ3n) is 6.05. The standard InChI is InChI=1S/C23H26Br2N4O3/c24-16-12-15(13-17(25)20(16)30)14-23(26,22(31)32)21-27-18-6-1-2-7-19(18)29(21)11-5-10-28-8-3-4-9-28/h1-2,6-7,12-13,30H,3-5,8-11,14,26H2,(H,31,32)/t23-/m1/s1. The Balaban J connectivity index is 1.71. The van der Waals surface area contributed by atoms with Gasteiger partial charge in [0.25, 0.3) is 0 Å². The quantitative estimate of drug-likeness (QED) is 0.377. The zero-order chi connectivity index (χ0) is 22.9. The number of aromatic hydroxyl groups is 1. The predicted octanol–water partition coefficient (Wildman–Crippen LogP) is 4.23. The van der Waals surface area contributed by atoms with Crippen molar-refractivity contribution < 1.29 is 15.0 Å². The summed E-state index contributed by atoms with van der Waals surface area (Å²) in [5.41, 5.74) is 7.15. The van der Waals surface area contributed by atoms with E-state index in [1.54, 1.807) is 12.1 Å². The van der Waals surface area contributed by atoms with E-state index < -0.39 is 11.5 Å². The molecule has 0 unspecified atom stereocenters. The summed E-state index contributed by atoms with van der Waals surface area (Å²) in [6, 6.07) is 11.0. The minimum Gasteiger partial charge on any atom is -0.506 e. The maximum Gasteiger partial charge on any atom is 0.331 e. The van der Waals surface area contributed by atoms with Gasteiger partial charge in [-0.1, -0.05) is 12.1 Å². The summed E-state index contributed by atoms with van der Waals surface area (Å²) in [6.07, 6.45) is 3.39. The Morgan fingerprint density at radius 3 is 2.44 bits per heavy atom. The van der Waals surface area contributed by atoms with Crippen LogP contribution < -0.4 is 5.73 Å². The molecule has 1 aromatic heterocycles. The van der Waals surface area contributed by atoms with E-state index in [2.05, 4.69) is 41.7 Å². The number of imidazole rings is 1. The lowest BCUT2D eigenvalue weighted by Gasteiger charge is -2.26. The Bertz CT molecular complexity index is 1120. The number of nitrogens with two attached hydrogens (primary N) is 1. The molecule has 4 rings (SSSR count). The second-order valence-corrected chi connectivity index (χ2v) is 10.0. The molecule has 2 aromatic carbocycles. The highest BCUT2D eigenvalue weighted by Gasteiger charge is 2.41. The SMILES string of the molecule is N[C@@](Cc1cc(Br)c(O)c(Br)c1)(C(=O)O)c1nc2ccccc2n1CCCN1CCCC1. The Labute approximate surface area is 203 Å². The molecule has 32 heavy (non-hydrogen) atoms. The molecular formula is C23H26Br2N4O3. The molecule has 1 fully saturated rings. The van der Waals surface area contributed by atoms with Crippen molar-refractivity contribution in [3.8, 4) is 5.75 Å². The van der Waals surface area contributed by atoms with Gasteiger partial charge in [-0.15, -0.1) is 0 Å². The number of phenolic OH excluding ortho intramolecular Hbond substituents is 1. The molecule has 1 aliphatic rings. The number of carboxylic acid groups (broad SMARTS) is 1. The van der Waals surface area contributed by atoms with Gasteiger partial charge in [-0.05, 0) is 101 Å². The molecule has 0 radical (unpaired) electrons. The normalized spacial score (nSPS) is 16.5. The fourth-order valence-electron chi connectivity index (χ4n) is 4.39. The van der Waals surface area contributed by atoms with E-state index in [0.717, 1.165) is 37.1 Å². The number of rotatable bonds is 8. The van der Waals surface area contributed by atoms with E-state index in [1.807, 2.05) is 28.8 Å². The van der Waals surface area contributed by atoms with Crippen LogP contribution in [-0.4, -0.2) is 50.3 Å². The van der Waals surface area contributed by atoms with Crippen molar-refractivity contribution in [3.05, 3.63) is 56.7 Å². The summed E-state index contributed by atoms with van der Waals surface area (Å²) in [7, 11) is 0. The third-order valence-corrected chi connectivity index (χ3v) is 7.26. The number of nitrogens with zero attached hydrogens (tertiary/aromatic N) is 3. The number of carboxylic acids is 1. The van der Waals surface area contributed by atoms with Gasteiger partial charge in [0.15, 0.2) is 5.54 Å². The molecule has 0 amide bonds. The maximum absolute atomic E-state index is 12.5. The topological polar surface area (TPSA) is 105 Å². The van der Waals surface area contributed by atoms with Crippen LogP contribution in [0.2, 0.25) is 0 Å². The number of aryl methyl sites for hydroxylation is 1. The number of aliphatic carboxylic acids is 1. The smallest absolute Gasteiger partial charge is 0.331 e. The van der Waals surface area contributed by atoms with Crippen molar-refractivity contribution >= 4 is 48.9 Å². The first-order valence-electron chi connectivity index (χ1n) is 10.7. The van der Waals surface area contributed by atoms with Gasteiger partial charge in [0.2, 0.25) is 0 Å². The summed E-state index contributed by atoms with van der Waals surface area (Å²) in [6.45, 7) is 3.85. The van der Waals surface area contributed by atoms with Crippen molar-refractivity contribution in [2.45, 2.75) is 37.8 Å². The van der Waals surface area contributed by atoms with E-state index in [1.165, 1.54) is 12.8 Å². The third kappa shape index (κ3) is 4.57. The van der Waals surface area contributed by atoms with Crippen molar-refractivity contribution in [3.63, 3.8) is 0 Å². The van der Waals surface area contributed by atoms with Crippen LogP contribution in [0.25, 0.3) is 11.0 Å². The number of likely N-dealkylation sites (tertiary alicyclic amines) is 1. The van der Waals surface area contributed by atoms with Crippen LogP contribution in [0, 0.1) is 0 Å². The van der Waals surface area contributed by atoms with Crippen molar-refractivity contribution in [1.82, 2.24) is 14.5 Å². The van der Waals surface area contributed by atoms with Crippen LogP contribution in [0.1, 0.15) is 30.7 Å². The van der Waals surface area contributed by atoms with Gasteiger partial charge in [-0.25, -0.2) is 9.78 Å². The molecule has 0 spiro atoms. The molecule has 0 aliphatic carbocycles. The van der Waals surface area contributed by atoms with E-state index in [9.17, 15) is 15.0 Å². The molecule has 4 N–H and O–H groups in total. The van der Waals surface area contributed by atoms with Gasteiger partial charge in [-0.2, -0.15) is 0 Å². The second kappa shape index (κ2) is 9.51. The monoisotopic (exact) mass is 564 g/mol. The van der Waals surface area contributed by atoms with E-state index in [-0.39, 0.29) is 12.2 Å². The molecule has 0 bridgehead atoms. The van der Waals surface area contributed by atoms with Gasteiger partial charge < -0.3 is 25.4 Å². The maximum atomic E-state index is 12.5. The Morgan fingerprint density at radius 2 is 1.78 bits per heavy atom. The second-order valence-electron chi connectivity index (χ2n) is 8.34. The minimum atomic E-state index is -1.73. The number of hydrogen-bond acceptors (Lipinski definition) is 5. The Morgan fingerprint density at radius 1 is 1.12 bits per heavy atom. The molecule has 1 atom stereocenters. The number of hydrogen-bond donors (Lipinski definition) is 3. The molecule has 7 nitrogen and oxygen atoms in total. The molecule has 0 saturated carbocycles. The largest absolute Gasteiger partial charge is 0.506 e. The van der Waals surface area contributed by atoms with Gasteiger partial charge in [-0.3, -0.25) is 0 Å². The first-order valence-corrected chi connectivity index (χ1v) is 12.3. The average Bonchev–Trinajstić information content (AvgIpc) is 3.40. The number of aromatic nitrogens is 2. The zero-order valence-corrected chi connectivity index (χ0v) is 20.8. The number of para-hydroxylation sites is 2. The highest BCUT2D eigenvalue weighted by Crippen LogP contribution is 2.36. The highest BCUT2D eigenvalue weighted by atomic mass is 79.9. The van der Waals surface area contributed by atoms with Gasteiger partial charge >= 0.3 is 5.97 Å². The van der Waals surface area contributed by atoms with E-state index >= 15 is 0 Å². The van der Waals surface area contributed by atoms with Gasteiger partial charge in [0, 0.05) is 13.0 Å². The fourth-order valence-corrected chi connectivity index (χ4v) is 5.67. The van der Waals surface area contributed by atoms with Gasteiger partial charge in [0.05, 0.1) is 20.0 Å². The van der Waals surface area contributed by atoms with Crippen LogP contribution in [0.5, 0.6) is 5.75 Å². The summed E-state index contributed by atoms with van der Waals surface area (Å²) in [5, 5.41) is 20.2. The van der Waals surface area contributed by atoms with Crippen molar-refractivity contribution in [2.24, 2.45) is 5.73 Å². The van der Waals surface area contributed by atoms with E-state index in [4.69, 9.17) is 5.73 Å². The lowest BCUT2D eigenvalue weighted by molar-refractivity contribution is -0.144. The van der Waals surface area contributed by atoms with E-state index in [0.29, 0.717) is 26.9 Å².